The molecule has 1 fully saturated rings. The predicted octanol–water partition coefficient (Wildman–Crippen LogP) is 13.0. The molecule has 284 valence electrons. The second-order valence-electron chi connectivity index (χ2n) is 21.0. The lowest BCUT2D eigenvalue weighted by Crippen LogP contribution is -2.70. The van der Waals surface area contributed by atoms with Gasteiger partial charge in [0.1, 0.15) is 5.58 Å². The molecule has 5 aromatic carbocycles. The minimum atomic E-state index is -0.0763. The van der Waals surface area contributed by atoms with E-state index in [-0.39, 0.29) is 34.0 Å². The van der Waals surface area contributed by atoms with E-state index in [9.17, 15) is 0 Å². The van der Waals surface area contributed by atoms with Gasteiger partial charge in [-0.05, 0) is 105 Å². The summed E-state index contributed by atoms with van der Waals surface area (Å²) < 4.78 is 7.28. The number of para-hydroxylation sites is 1. The van der Waals surface area contributed by atoms with Gasteiger partial charge in [-0.25, -0.2) is 0 Å². The van der Waals surface area contributed by atoms with Crippen LogP contribution in [0.3, 0.4) is 0 Å². The zero-order chi connectivity index (χ0) is 39.3. The molecule has 3 nitrogen and oxygen atoms in total. The number of nitrogens with zero attached hydrogens (tertiary/aromatic N) is 2. The van der Waals surface area contributed by atoms with Crippen LogP contribution in [0.4, 0.5) is 22.9 Å². The lowest BCUT2D eigenvalue weighted by molar-refractivity contribution is 0.199. The molecule has 0 N–H and O–H groups in total. The average molecular weight is 737 g/mol. The highest BCUT2D eigenvalue weighted by Crippen LogP contribution is 2.64. The second kappa shape index (κ2) is 11.5. The van der Waals surface area contributed by atoms with Crippen LogP contribution < -0.4 is 20.6 Å². The van der Waals surface area contributed by atoms with Crippen LogP contribution in [0.2, 0.25) is 0 Å². The first kappa shape index (κ1) is 35.7. The number of benzene rings is 5. The molecule has 1 saturated carbocycles. The van der Waals surface area contributed by atoms with Crippen LogP contribution in [-0.4, -0.2) is 12.4 Å². The van der Waals surface area contributed by atoms with E-state index >= 15 is 0 Å². The van der Waals surface area contributed by atoms with Crippen molar-refractivity contribution in [2.24, 2.45) is 0 Å². The van der Waals surface area contributed by atoms with E-state index in [2.05, 4.69) is 183 Å². The van der Waals surface area contributed by atoms with Crippen LogP contribution in [-0.2, 0) is 21.7 Å². The maximum absolute atomic E-state index is 7.28. The van der Waals surface area contributed by atoms with Gasteiger partial charge >= 0.3 is 6.85 Å². The Morgan fingerprint density at radius 3 is 1.93 bits per heavy atom. The number of furan rings is 1. The Balaban J connectivity index is 1.38. The van der Waals surface area contributed by atoms with Crippen LogP contribution >= 0.6 is 0 Å². The molecular formula is C52H57BN2O. The van der Waals surface area contributed by atoms with E-state index in [0.717, 1.165) is 17.2 Å². The fourth-order valence-corrected chi connectivity index (χ4v) is 11.0. The third kappa shape index (κ3) is 4.77. The first-order valence-corrected chi connectivity index (χ1v) is 21.1. The molecule has 1 aliphatic carbocycles. The zero-order valence-electron chi connectivity index (χ0n) is 35.4. The maximum atomic E-state index is 7.28. The first-order chi connectivity index (χ1) is 26.4. The first-order valence-electron chi connectivity index (χ1n) is 21.1. The Kier molecular flexibility index (Phi) is 7.31. The van der Waals surface area contributed by atoms with Crippen molar-refractivity contribution in [2.45, 2.75) is 129 Å². The summed E-state index contributed by atoms with van der Waals surface area (Å²) in [6.07, 6.45) is 4.89. The van der Waals surface area contributed by atoms with Gasteiger partial charge in [0.25, 0.3) is 0 Å². The topological polar surface area (TPSA) is 19.6 Å². The van der Waals surface area contributed by atoms with Gasteiger partial charge in [-0.1, -0.05) is 149 Å². The molecule has 0 bridgehead atoms. The summed E-state index contributed by atoms with van der Waals surface area (Å²) in [7, 11) is 0. The molecule has 56 heavy (non-hydrogen) atoms. The number of anilines is 4. The molecule has 1 aromatic heterocycles. The number of rotatable bonds is 2. The van der Waals surface area contributed by atoms with Crippen LogP contribution in [0.5, 0.6) is 0 Å². The van der Waals surface area contributed by atoms with Gasteiger partial charge in [0.05, 0.1) is 5.69 Å². The summed E-state index contributed by atoms with van der Waals surface area (Å²) in [4.78, 5) is 5.46. The number of fused-ring (bicyclic) bond motifs is 9. The molecule has 0 amide bonds. The fourth-order valence-electron chi connectivity index (χ4n) is 11.0. The van der Waals surface area contributed by atoms with Crippen molar-refractivity contribution >= 4 is 51.7 Å². The Bertz CT molecular complexity index is 2600. The van der Waals surface area contributed by atoms with Gasteiger partial charge in [-0.3, -0.25) is 4.90 Å². The molecule has 0 spiro atoms. The highest BCUT2D eigenvalue weighted by Gasteiger charge is 2.63. The minimum Gasteiger partial charge on any atom is -0.440 e. The summed E-state index contributed by atoms with van der Waals surface area (Å²) in [5, 5.41) is 1.21. The van der Waals surface area contributed by atoms with Crippen LogP contribution in [0.15, 0.2) is 101 Å². The van der Waals surface area contributed by atoms with Gasteiger partial charge < -0.3 is 9.23 Å². The molecule has 2 unspecified atom stereocenters. The largest absolute Gasteiger partial charge is 0.440 e. The van der Waals surface area contributed by atoms with Crippen molar-refractivity contribution < 1.29 is 4.42 Å². The molecule has 0 radical (unpaired) electrons. The SMILES string of the molecule is CC(C)(C)c1ccc(N2c3cc(C(C)(C)C)cc4c3B(c3c2oc2ccccc32)N2c3c-4cc(C(C)(C)C)cc3C3(C)CCCCC23C)c(-c2ccccc2)c1. The maximum Gasteiger partial charge on any atom is 0.333 e. The van der Waals surface area contributed by atoms with Gasteiger partial charge in [0, 0.05) is 44.3 Å². The van der Waals surface area contributed by atoms with Gasteiger partial charge in [-0.2, -0.15) is 0 Å². The molecule has 2 atom stereocenters. The van der Waals surface area contributed by atoms with E-state index in [1.165, 1.54) is 92.3 Å². The summed E-state index contributed by atoms with van der Waals surface area (Å²) in [5.41, 5.74) is 18.3. The molecule has 10 rings (SSSR count). The molecule has 6 aromatic rings. The average Bonchev–Trinajstić information content (AvgIpc) is 3.63. The van der Waals surface area contributed by atoms with Gasteiger partial charge in [-0.15, -0.1) is 0 Å². The van der Waals surface area contributed by atoms with Crippen molar-refractivity contribution in [2.75, 3.05) is 9.71 Å². The van der Waals surface area contributed by atoms with Crippen molar-refractivity contribution in [3.8, 4) is 22.3 Å². The molecule has 4 aliphatic rings. The Labute approximate surface area is 335 Å². The van der Waals surface area contributed by atoms with Gasteiger partial charge in [0.15, 0.2) is 0 Å². The molecule has 4 heteroatoms. The summed E-state index contributed by atoms with van der Waals surface area (Å²) in [6.45, 7) is 26.4. The molecule has 3 aliphatic heterocycles. The quantitative estimate of drug-likeness (QED) is 0.165. The smallest absolute Gasteiger partial charge is 0.333 e. The van der Waals surface area contributed by atoms with E-state index < -0.39 is 0 Å². The van der Waals surface area contributed by atoms with Crippen molar-refractivity contribution in [1.82, 2.24) is 0 Å². The highest BCUT2D eigenvalue weighted by molar-refractivity contribution is 6.94. The lowest BCUT2D eigenvalue weighted by atomic mass is 9.42. The van der Waals surface area contributed by atoms with Crippen LogP contribution in [0.1, 0.15) is 124 Å². The van der Waals surface area contributed by atoms with Gasteiger partial charge in [0.2, 0.25) is 5.88 Å². The Hall–Kier alpha value is -4.70. The predicted molar refractivity (Wildman–Crippen MR) is 240 cm³/mol. The monoisotopic (exact) mass is 736 g/mol. The number of hydrogen-bond donors (Lipinski definition) is 0. The fraction of sp³-hybridized carbons (Fsp3) is 0.385. The molecule has 0 saturated heterocycles. The second-order valence-corrected chi connectivity index (χ2v) is 21.0. The third-order valence-electron chi connectivity index (χ3n) is 14.5. The standard InChI is InChI=1S/C52H57BN2O/c1-48(2,3)33-23-24-41(37(27-33)32-19-13-12-14-20-32)54-42-31-35(50(7,8)9)28-38-39-29-34(49(4,5)6)30-40-46(39)55(52(11)26-18-17-25-51(40,52)10)53(44(38)42)45-36-21-15-16-22-43(36)56-47(45)54/h12-16,19-24,27-31H,17-18,25-26H2,1-11H3. The Morgan fingerprint density at radius 2 is 1.21 bits per heavy atom. The van der Waals surface area contributed by atoms with Crippen molar-refractivity contribution in [3.05, 3.63) is 119 Å². The van der Waals surface area contributed by atoms with E-state index in [0.29, 0.717) is 0 Å². The zero-order valence-corrected chi connectivity index (χ0v) is 35.4. The van der Waals surface area contributed by atoms with E-state index in [4.69, 9.17) is 4.42 Å². The molecular weight excluding hydrogens is 679 g/mol. The summed E-state index contributed by atoms with van der Waals surface area (Å²) in [5.74, 6) is 0.950. The summed E-state index contributed by atoms with van der Waals surface area (Å²) in [6, 6.07) is 37.2. The normalized spacial score (nSPS) is 21.2. The molecule has 4 heterocycles. The third-order valence-corrected chi connectivity index (χ3v) is 14.5. The highest BCUT2D eigenvalue weighted by atomic mass is 16.4. The number of hydrogen-bond acceptors (Lipinski definition) is 3. The summed E-state index contributed by atoms with van der Waals surface area (Å²) >= 11 is 0. The van der Waals surface area contributed by atoms with Crippen molar-refractivity contribution in [1.29, 1.82) is 0 Å². The Morgan fingerprint density at radius 1 is 0.589 bits per heavy atom. The minimum absolute atomic E-state index is 0.00504. The lowest BCUT2D eigenvalue weighted by Gasteiger charge is -2.54. The van der Waals surface area contributed by atoms with Crippen LogP contribution in [0, 0.1) is 0 Å². The van der Waals surface area contributed by atoms with E-state index in [1.54, 1.807) is 5.56 Å². The van der Waals surface area contributed by atoms with Crippen LogP contribution in [0.25, 0.3) is 33.2 Å². The van der Waals surface area contributed by atoms with E-state index in [1.807, 2.05) is 0 Å². The van der Waals surface area contributed by atoms with Crippen molar-refractivity contribution in [3.63, 3.8) is 0 Å².